The smallest absolute Gasteiger partial charge is 0.249 e. The third-order valence-corrected chi connectivity index (χ3v) is 4.62. The summed E-state index contributed by atoms with van der Waals surface area (Å²) < 4.78 is 0.853. The molecular weight excluding hydrogens is 356 g/mol. The summed E-state index contributed by atoms with van der Waals surface area (Å²) in [5.41, 5.74) is 0.648. The van der Waals surface area contributed by atoms with Gasteiger partial charge in [-0.1, -0.05) is 47.8 Å². The first-order chi connectivity index (χ1) is 9.93. The van der Waals surface area contributed by atoms with Gasteiger partial charge in [0.2, 0.25) is 11.8 Å². The predicted octanol–water partition coefficient (Wildman–Crippen LogP) is 3.37. The van der Waals surface area contributed by atoms with Crippen LogP contribution in [-0.4, -0.2) is 24.4 Å². The predicted molar refractivity (Wildman–Crippen MR) is 87.5 cm³/mol. The lowest BCUT2D eigenvalue weighted by atomic mass is 9.98. The van der Waals surface area contributed by atoms with Crippen LogP contribution in [-0.2, 0) is 9.59 Å². The molecule has 21 heavy (non-hydrogen) atoms. The molecule has 6 heteroatoms. The molecule has 1 aromatic rings. The average molecular weight is 374 g/mol. The van der Waals surface area contributed by atoms with Crippen molar-refractivity contribution in [2.75, 3.05) is 11.4 Å². The minimum atomic E-state index is -0.496. The van der Waals surface area contributed by atoms with Crippen LogP contribution >= 0.6 is 27.5 Å². The minimum absolute atomic E-state index is 0.0799. The van der Waals surface area contributed by atoms with Crippen molar-refractivity contribution in [3.05, 3.63) is 27.7 Å². The van der Waals surface area contributed by atoms with Crippen LogP contribution in [0, 0.1) is 5.92 Å². The van der Waals surface area contributed by atoms with Gasteiger partial charge in [-0.05, 0) is 24.1 Å². The maximum atomic E-state index is 12.8. The molecule has 0 radical (unpaired) electrons. The van der Waals surface area contributed by atoms with E-state index in [1.165, 1.54) is 0 Å². The second-order valence-corrected chi connectivity index (χ2v) is 6.59. The Labute approximate surface area is 138 Å². The molecule has 1 fully saturated rings. The van der Waals surface area contributed by atoms with Crippen molar-refractivity contribution in [3.63, 3.8) is 0 Å². The molecule has 1 aromatic carbocycles. The van der Waals surface area contributed by atoms with Gasteiger partial charge in [0.15, 0.2) is 0 Å². The molecule has 1 heterocycles. The van der Waals surface area contributed by atoms with Gasteiger partial charge in [0.25, 0.3) is 0 Å². The third-order valence-electron chi connectivity index (χ3n) is 3.82. The van der Waals surface area contributed by atoms with Gasteiger partial charge in [-0.15, -0.1) is 0 Å². The van der Waals surface area contributed by atoms with Crippen molar-refractivity contribution >= 4 is 45.0 Å². The standard InChI is InChI=1S/C15H18BrClN2O2/c1-3-9(2)14-15(21)19(7-6-13(20)18-14)12-5-4-10(16)8-11(12)17/h4-5,8-9,14H,3,6-7H2,1-2H3,(H,18,20). The lowest BCUT2D eigenvalue weighted by molar-refractivity contribution is -0.126. The van der Waals surface area contributed by atoms with E-state index in [4.69, 9.17) is 11.6 Å². The van der Waals surface area contributed by atoms with Crippen molar-refractivity contribution < 1.29 is 9.59 Å². The molecule has 1 N–H and O–H groups in total. The Morgan fingerprint density at radius 2 is 2.19 bits per heavy atom. The fourth-order valence-electron chi connectivity index (χ4n) is 2.36. The summed E-state index contributed by atoms with van der Waals surface area (Å²) in [7, 11) is 0. The molecule has 0 aromatic heterocycles. The number of benzene rings is 1. The van der Waals surface area contributed by atoms with E-state index < -0.39 is 6.04 Å². The van der Waals surface area contributed by atoms with Crippen LogP contribution in [0.4, 0.5) is 5.69 Å². The first-order valence-corrected chi connectivity index (χ1v) is 8.17. The van der Waals surface area contributed by atoms with Crippen molar-refractivity contribution in [2.24, 2.45) is 5.92 Å². The molecule has 1 aliphatic rings. The zero-order valence-corrected chi connectivity index (χ0v) is 14.4. The molecule has 0 saturated carbocycles. The molecule has 1 aliphatic heterocycles. The fraction of sp³-hybridized carbons (Fsp3) is 0.467. The second kappa shape index (κ2) is 6.79. The molecule has 2 rings (SSSR count). The van der Waals surface area contributed by atoms with Crippen LogP contribution in [0.5, 0.6) is 0 Å². The van der Waals surface area contributed by atoms with E-state index in [1.54, 1.807) is 17.0 Å². The number of rotatable bonds is 3. The molecule has 2 unspecified atom stereocenters. The molecule has 2 atom stereocenters. The summed E-state index contributed by atoms with van der Waals surface area (Å²) >= 11 is 9.60. The number of amides is 2. The number of carbonyl (C=O) groups excluding carboxylic acids is 2. The number of hydrogen-bond acceptors (Lipinski definition) is 2. The van der Waals surface area contributed by atoms with E-state index in [1.807, 2.05) is 19.9 Å². The van der Waals surface area contributed by atoms with Crippen LogP contribution in [0.1, 0.15) is 26.7 Å². The number of anilines is 1. The van der Waals surface area contributed by atoms with Crippen molar-refractivity contribution in [2.45, 2.75) is 32.7 Å². The van der Waals surface area contributed by atoms with Crippen LogP contribution < -0.4 is 10.2 Å². The third kappa shape index (κ3) is 3.58. The van der Waals surface area contributed by atoms with Gasteiger partial charge in [-0.3, -0.25) is 9.59 Å². The normalized spacial score (nSPS) is 21.0. The van der Waals surface area contributed by atoms with Crippen LogP contribution in [0.25, 0.3) is 0 Å². The second-order valence-electron chi connectivity index (χ2n) is 5.27. The van der Waals surface area contributed by atoms with Gasteiger partial charge in [0, 0.05) is 17.4 Å². The minimum Gasteiger partial charge on any atom is -0.344 e. The summed E-state index contributed by atoms with van der Waals surface area (Å²) in [6.07, 6.45) is 1.10. The largest absolute Gasteiger partial charge is 0.344 e. The monoisotopic (exact) mass is 372 g/mol. The molecule has 114 valence electrons. The fourth-order valence-corrected chi connectivity index (χ4v) is 3.13. The zero-order chi connectivity index (χ0) is 15.6. The Hall–Kier alpha value is -1.07. The topological polar surface area (TPSA) is 49.4 Å². The number of nitrogens with zero attached hydrogens (tertiary/aromatic N) is 1. The average Bonchev–Trinajstić information content (AvgIpc) is 2.59. The number of hydrogen-bond donors (Lipinski definition) is 1. The molecular formula is C15H18BrClN2O2. The Morgan fingerprint density at radius 1 is 1.48 bits per heavy atom. The maximum Gasteiger partial charge on any atom is 0.249 e. The highest BCUT2D eigenvalue weighted by atomic mass is 79.9. The number of halogens is 2. The maximum absolute atomic E-state index is 12.8. The van der Waals surface area contributed by atoms with Gasteiger partial charge >= 0.3 is 0 Å². The summed E-state index contributed by atoms with van der Waals surface area (Å²) in [6, 6.07) is 4.90. The lowest BCUT2D eigenvalue weighted by Gasteiger charge is -2.27. The molecule has 2 amide bonds. The molecule has 4 nitrogen and oxygen atoms in total. The first-order valence-electron chi connectivity index (χ1n) is 6.99. The Balaban J connectivity index is 2.37. The molecule has 0 aliphatic carbocycles. The van der Waals surface area contributed by atoms with E-state index in [-0.39, 0.29) is 24.2 Å². The van der Waals surface area contributed by atoms with Crippen molar-refractivity contribution in [3.8, 4) is 0 Å². The van der Waals surface area contributed by atoms with Crippen LogP contribution in [0.15, 0.2) is 22.7 Å². The van der Waals surface area contributed by atoms with Crippen molar-refractivity contribution in [1.82, 2.24) is 5.32 Å². The Bertz CT molecular complexity index is 565. The molecule has 0 spiro atoms. The van der Waals surface area contributed by atoms with Gasteiger partial charge in [0.05, 0.1) is 10.7 Å². The highest BCUT2D eigenvalue weighted by Gasteiger charge is 2.34. The van der Waals surface area contributed by atoms with Crippen LogP contribution in [0.3, 0.4) is 0 Å². The Kier molecular flexibility index (Phi) is 5.27. The van der Waals surface area contributed by atoms with E-state index in [0.29, 0.717) is 17.3 Å². The van der Waals surface area contributed by atoms with Crippen LogP contribution in [0.2, 0.25) is 5.02 Å². The Morgan fingerprint density at radius 3 is 2.81 bits per heavy atom. The SMILES string of the molecule is CCC(C)C1NC(=O)CCN(c2ccc(Br)cc2Cl)C1=O. The van der Waals surface area contributed by atoms with Gasteiger partial charge < -0.3 is 10.2 Å². The number of nitrogens with one attached hydrogen (secondary N) is 1. The zero-order valence-electron chi connectivity index (χ0n) is 12.0. The quantitative estimate of drug-likeness (QED) is 0.883. The van der Waals surface area contributed by atoms with Gasteiger partial charge in [-0.25, -0.2) is 0 Å². The summed E-state index contributed by atoms with van der Waals surface area (Å²) in [5, 5.41) is 3.32. The van der Waals surface area contributed by atoms with E-state index in [2.05, 4.69) is 21.2 Å². The van der Waals surface area contributed by atoms with Crippen molar-refractivity contribution in [1.29, 1.82) is 0 Å². The first kappa shape index (κ1) is 16.3. The lowest BCUT2D eigenvalue weighted by Crippen LogP contribution is -2.48. The van der Waals surface area contributed by atoms with E-state index in [9.17, 15) is 9.59 Å². The molecule has 0 bridgehead atoms. The highest BCUT2D eigenvalue weighted by molar-refractivity contribution is 9.10. The summed E-state index contributed by atoms with van der Waals surface area (Å²) in [5.74, 6) is -0.111. The summed E-state index contributed by atoms with van der Waals surface area (Å²) in [4.78, 5) is 26.2. The van der Waals surface area contributed by atoms with Gasteiger partial charge in [-0.2, -0.15) is 0 Å². The molecule has 1 saturated heterocycles. The van der Waals surface area contributed by atoms with E-state index >= 15 is 0 Å². The number of carbonyl (C=O) groups is 2. The summed E-state index contributed by atoms with van der Waals surface area (Å²) in [6.45, 7) is 4.32. The van der Waals surface area contributed by atoms with Gasteiger partial charge in [0.1, 0.15) is 6.04 Å². The van der Waals surface area contributed by atoms with E-state index in [0.717, 1.165) is 10.9 Å². The highest BCUT2D eigenvalue weighted by Crippen LogP contribution is 2.31.